The number of rotatable bonds is 2. The molecule has 0 saturated heterocycles. The standard InChI is InChI=1S/C30H20BNO2/c1-2-11-21(12-3-1)22-13-10-20-29-30(22)32(25-16-6-9-19-28(25)34-29)31-23-14-4-7-17-26(23)33-27-18-8-5-15-24(27)31/h1-20H. The van der Waals surface area contributed by atoms with E-state index in [1.807, 2.05) is 30.3 Å². The Hall–Kier alpha value is -4.44. The van der Waals surface area contributed by atoms with Crippen molar-refractivity contribution >= 4 is 29.1 Å². The van der Waals surface area contributed by atoms with E-state index in [0.29, 0.717) is 0 Å². The molecule has 7 rings (SSSR count). The Morgan fingerprint density at radius 3 is 1.76 bits per heavy atom. The zero-order valence-corrected chi connectivity index (χ0v) is 18.4. The van der Waals surface area contributed by atoms with E-state index in [0.717, 1.165) is 56.4 Å². The predicted molar refractivity (Wildman–Crippen MR) is 139 cm³/mol. The highest BCUT2D eigenvalue weighted by Crippen LogP contribution is 2.51. The van der Waals surface area contributed by atoms with E-state index in [9.17, 15) is 0 Å². The van der Waals surface area contributed by atoms with Crippen LogP contribution in [0.25, 0.3) is 11.1 Å². The topological polar surface area (TPSA) is 21.7 Å². The lowest BCUT2D eigenvalue weighted by molar-refractivity contribution is 0.477. The van der Waals surface area contributed by atoms with Gasteiger partial charge in [-0.25, -0.2) is 0 Å². The molecule has 34 heavy (non-hydrogen) atoms. The Bertz CT molecular complexity index is 1490. The number of ether oxygens (including phenoxy) is 2. The third kappa shape index (κ3) is 2.85. The molecule has 160 valence electrons. The fourth-order valence-electron chi connectivity index (χ4n) is 5.12. The summed E-state index contributed by atoms with van der Waals surface area (Å²) in [5, 5.41) is 0. The van der Waals surface area contributed by atoms with Crippen molar-refractivity contribution in [2.45, 2.75) is 0 Å². The van der Waals surface area contributed by atoms with Crippen LogP contribution in [0.15, 0.2) is 121 Å². The molecular weight excluding hydrogens is 417 g/mol. The van der Waals surface area contributed by atoms with Crippen LogP contribution in [0.3, 0.4) is 0 Å². The number of hydrogen-bond acceptors (Lipinski definition) is 3. The Balaban J connectivity index is 1.56. The summed E-state index contributed by atoms with van der Waals surface area (Å²) in [7, 11) is 0. The maximum atomic E-state index is 6.46. The third-order valence-electron chi connectivity index (χ3n) is 6.57. The van der Waals surface area contributed by atoms with E-state index < -0.39 is 0 Å². The number of benzene rings is 5. The second-order valence-electron chi connectivity index (χ2n) is 8.54. The SMILES string of the molecule is c1ccc(-c2cccc3c2N(B2c4ccccc4Oc4ccccc42)c2ccccc2O3)cc1. The van der Waals surface area contributed by atoms with Crippen molar-refractivity contribution < 1.29 is 9.47 Å². The van der Waals surface area contributed by atoms with Gasteiger partial charge in [0.15, 0.2) is 5.75 Å². The first-order valence-electron chi connectivity index (χ1n) is 11.5. The summed E-state index contributed by atoms with van der Waals surface area (Å²) < 4.78 is 12.8. The molecule has 0 saturated carbocycles. The minimum Gasteiger partial charge on any atom is -0.458 e. The van der Waals surface area contributed by atoms with Gasteiger partial charge in [0.25, 0.3) is 0 Å². The maximum Gasteiger partial charge on any atom is 0.335 e. The molecule has 5 aromatic rings. The second-order valence-corrected chi connectivity index (χ2v) is 8.54. The summed E-state index contributed by atoms with van der Waals surface area (Å²) in [4.78, 5) is 2.43. The molecule has 0 aromatic heterocycles. The summed E-state index contributed by atoms with van der Waals surface area (Å²) in [6.45, 7) is -0.0742. The zero-order chi connectivity index (χ0) is 22.5. The van der Waals surface area contributed by atoms with Gasteiger partial charge in [-0.1, -0.05) is 91.0 Å². The van der Waals surface area contributed by atoms with Crippen LogP contribution in [-0.2, 0) is 0 Å². The molecule has 2 aliphatic heterocycles. The molecule has 5 aromatic carbocycles. The summed E-state index contributed by atoms with van der Waals surface area (Å²) in [6.07, 6.45) is 0. The molecule has 3 nitrogen and oxygen atoms in total. The zero-order valence-electron chi connectivity index (χ0n) is 18.4. The van der Waals surface area contributed by atoms with Crippen molar-refractivity contribution in [1.82, 2.24) is 0 Å². The van der Waals surface area contributed by atoms with Crippen LogP contribution in [0, 0.1) is 0 Å². The van der Waals surface area contributed by atoms with Crippen LogP contribution in [0.2, 0.25) is 0 Å². The van der Waals surface area contributed by atoms with E-state index >= 15 is 0 Å². The van der Waals surface area contributed by atoms with Gasteiger partial charge in [-0.2, -0.15) is 0 Å². The Labute approximate surface area is 198 Å². The van der Waals surface area contributed by atoms with Gasteiger partial charge >= 0.3 is 6.85 Å². The monoisotopic (exact) mass is 437 g/mol. The fraction of sp³-hybridized carbons (Fsp3) is 0. The van der Waals surface area contributed by atoms with Crippen molar-refractivity contribution in [2.24, 2.45) is 0 Å². The Kier molecular flexibility index (Phi) is 4.24. The van der Waals surface area contributed by atoms with Gasteiger partial charge in [0, 0.05) is 5.56 Å². The maximum absolute atomic E-state index is 6.46. The summed E-state index contributed by atoms with van der Waals surface area (Å²) in [6, 6.07) is 41.7. The summed E-state index contributed by atoms with van der Waals surface area (Å²) >= 11 is 0. The molecular formula is C30H20BNO2. The highest BCUT2D eigenvalue weighted by Gasteiger charge is 2.41. The lowest BCUT2D eigenvalue weighted by atomic mass is 9.47. The summed E-state index contributed by atoms with van der Waals surface area (Å²) in [5.41, 5.74) is 6.65. The van der Waals surface area contributed by atoms with Crippen LogP contribution in [-0.4, -0.2) is 6.85 Å². The van der Waals surface area contributed by atoms with Gasteiger partial charge in [-0.15, -0.1) is 0 Å². The molecule has 0 fully saturated rings. The fourth-order valence-corrected chi connectivity index (χ4v) is 5.12. The number of anilines is 2. The average molecular weight is 437 g/mol. The molecule has 2 aliphatic rings. The molecule has 0 aliphatic carbocycles. The lowest BCUT2D eigenvalue weighted by Crippen LogP contribution is -2.57. The lowest BCUT2D eigenvalue weighted by Gasteiger charge is -2.41. The first-order chi connectivity index (χ1) is 16.9. The third-order valence-corrected chi connectivity index (χ3v) is 6.57. The predicted octanol–water partition coefficient (Wildman–Crippen LogP) is 6.51. The minimum absolute atomic E-state index is 0.0742. The van der Waals surface area contributed by atoms with Gasteiger partial charge in [0.1, 0.15) is 17.2 Å². The number of para-hydroxylation sites is 5. The van der Waals surface area contributed by atoms with Crippen LogP contribution >= 0.6 is 0 Å². The second kappa shape index (κ2) is 7.56. The van der Waals surface area contributed by atoms with Crippen LogP contribution in [0.4, 0.5) is 11.4 Å². The van der Waals surface area contributed by atoms with Gasteiger partial charge in [0.05, 0.1) is 11.4 Å². The molecule has 0 bridgehead atoms. The number of fused-ring (bicyclic) bond motifs is 4. The molecule has 0 amide bonds. The van der Waals surface area contributed by atoms with Crippen molar-refractivity contribution in [3.63, 3.8) is 0 Å². The quantitative estimate of drug-likeness (QED) is 0.294. The van der Waals surface area contributed by atoms with Crippen molar-refractivity contribution in [2.75, 3.05) is 4.81 Å². The number of hydrogen-bond donors (Lipinski definition) is 0. The van der Waals surface area contributed by atoms with E-state index in [1.165, 1.54) is 0 Å². The van der Waals surface area contributed by atoms with Gasteiger partial charge < -0.3 is 14.3 Å². The first-order valence-corrected chi connectivity index (χ1v) is 11.5. The van der Waals surface area contributed by atoms with E-state index in [2.05, 4.69) is 95.8 Å². The highest BCUT2D eigenvalue weighted by atomic mass is 16.5. The van der Waals surface area contributed by atoms with E-state index in [-0.39, 0.29) is 6.85 Å². The normalized spacial score (nSPS) is 13.1. The molecule has 0 atom stereocenters. The van der Waals surface area contributed by atoms with Crippen LogP contribution in [0.1, 0.15) is 0 Å². The molecule has 0 spiro atoms. The van der Waals surface area contributed by atoms with Gasteiger partial charge in [0.2, 0.25) is 0 Å². The molecule has 0 N–H and O–H groups in total. The van der Waals surface area contributed by atoms with Crippen LogP contribution < -0.4 is 25.2 Å². The summed E-state index contributed by atoms with van der Waals surface area (Å²) in [5.74, 6) is 3.46. The molecule has 2 heterocycles. The van der Waals surface area contributed by atoms with Crippen molar-refractivity contribution in [3.8, 4) is 34.1 Å². The smallest absolute Gasteiger partial charge is 0.335 e. The molecule has 0 radical (unpaired) electrons. The molecule has 4 heteroatoms. The average Bonchev–Trinajstić information content (AvgIpc) is 2.91. The van der Waals surface area contributed by atoms with Crippen molar-refractivity contribution in [1.29, 1.82) is 0 Å². The minimum atomic E-state index is -0.0742. The van der Waals surface area contributed by atoms with Crippen molar-refractivity contribution in [3.05, 3.63) is 121 Å². The highest BCUT2D eigenvalue weighted by molar-refractivity contribution is 6.90. The van der Waals surface area contributed by atoms with Crippen LogP contribution in [0.5, 0.6) is 23.0 Å². The van der Waals surface area contributed by atoms with E-state index in [1.54, 1.807) is 0 Å². The Morgan fingerprint density at radius 1 is 0.471 bits per heavy atom. The first kappa shape index (κ1) is 19.1. The number of nitrogens with zero attached hydrogens (tertiary/aromatic N) is 1. The largest absolute Gasteiger partial charge is 0.458 e. The van der Waals surface area contributed by atoms with Gasteiger partial charge in [-0.3, -0.25) is 0 Å². The van der Waals surface area contributed by atoms with E-state index in [4.69, 9.17) is 9.47 Å². The Morgan fingerprint density at radius 2 is 1.03 bits per heavy atom. The molecule has 0 unspecified atom stereocenters. The van der Waals surface area contributed by atoms with Gasteiger partial charge in [-0.05, 0) is 46.8 Å².